The van der Waals surface area contributed by atoms with Crippen molar-refractivity contribution >= 4 is 21.8 Å². The monoisotopic (exact) mass is 762 g/mol. The third-order valence-electron chi connectivity index (χ3n) is 8.86. The van der Waals surface area contributed by atoms with Gasteiger partial charge in [-0.3, -0.25) is 0 Å². The fraction of sp³-hybridized carbons (Fsp3) is 0.280. The molecule has 2 heteroatoms. The maximum atomic E-state index is 4.01. The molecule has 0 saturated carbocycles. The Balaban J connectivity index is 0.000000660. The zero-order chi connectivity index (χ0) is 37.6. The fourth-order valence-corrected chi connectivity index (χ4v) is 7.31. The normalized spacial score (nSPS) is 13.2. The number of para-hydroxylation sites is 3. The van der Waals surface area contributed by atoms with Crippen molar-refractivity contribution in [1.29, 1.82) is 0 Å². The minimum Gasteiger partial charge on any atom is -0.309 e. The minimum absolute atomic E-state index is 0. The molecule has 1 unspecified atom stereocenters. The van der Waals surface area contributed by atoms with Gasteiger partial charge in [0.05, 0.1) is 16.7 Å². The van der Waals surface area contributed by atoms with E-state index in [0.717, 1.165) is 17.5 Å². The molecule has 6 aromatic carbocycles. The van der Waals surface area contributed by atoms with Gasteiger partial charge in [-0.1, -0.05) is 173 Å². The van der Waals surface area contributed by atoms with E-state index < -0.39 is 5.41 Å². The number of hydrogen-bond acceptors (Lipinski definition) is 0. The van der Waals surface area contributed by atoms with Gasteiger partial charge >= 0.3 is 0 Å². The van der Waals surface area contributed by atoms with Crippen LogP contribution in [0.15, 0.2) is 127 Å². The molecule has 52 heavy (non-hydrogen) atoms. The molecule has 0 spiro atoms. The van der Waals surface area contributed by atoms with Crippen LogP contribution >= 0.6 is 0 Å². The third-order valence-corrected chi connectivity index (χ3v) is 8.86. The Hall–Kier alpha value is -3.78. The van der Waals surface area contributed by atoms with E-state index >= 15 is 0 Å². The summed E-state index contributed by atoms with van der Waals surface area (Å²) >= 11 is 0. The van der Waals surface area contributed by atoms with Crippen molar-refractivity contribution in [2.45, 2.75) is 94.9 Å². The number of nitrogens with zero attached hydrogens (tertiary/aromatic N) is 1. The molecule has 1 atom stereocenters. The molecule has 7 aromatic rings. The number of aromatic nitrogens is 1. The van der Waals surface area contributed by atoms with E-state index in [0.29, 0.717) is 0 Å². The van der Waals surface area contributed by atoms with E-state index in [1.807, 2.05) is 89.2 Å². The van der Waals surface area contributed by atoms with Crippen LogP contribution in [0.25, 0.3) is 38.6 Å². The molecule has 1 aliphatic carbocycles. The van der Waals surface area contributed by atoms with Crippen LogP contribution in [0.4, 0.5) is 0 Å². The molecular weight excluding hydrogens is 703 g/mol. The summed E-state index contributed by atoms with van der Waals surface area (Å²) in [5.41, 5.74) is 13.3. The van der Waals surface area contributed by atoms with Crippen molar-refractivity contribution < 1.29 is 32.7 Å². The van der Waals surface area contributed by atoms with Gasteiger partial charge in [0.25, 0.3) is 0 Å². The maximum absolute atomic E-state index is 4.01. The first-order valence-corrected chi connectivity index (χ1v) is 19.6. The van der Waals surface area contributed by atoms with Gasteiger partial charge in [-0.15, -0.1) is 40.5 Å². The van der Waals surface area contributed by atoms with Gasteiger partial charge in [-0.2, -0.15) is 30.3 Å². The smallest absolute Gasteiger partial charge is 0.0587 e. The van der Waals surface area contributed by atoms with Crippen molar-refractivity contribution in [1.82, 2.24) is 4.57 Å². The Kier molecular flexibility index (Phi) is 18.5. The van der Waals surface area contributed by atoms with Crippen LogP contribution in [-0.2, 0) is 44.5 Å². The van der Waals surface area contributed by atoms with Crippen LogP contribution < -0.4 is 0 Å². The zero-order valence-electron chi connectivity index (χ0n) is 33.9. The molecule has 1 nitrogen and oxygen atoms in total. The van der Waals surface area contributed by atoms with E-state index in [1.165, 1.54) is 60.9 Å². The van der Waals surface area contributed by atoms with Gasteiger partial charge in [0.15, 0.2) is 0 Å². The molecule has 1 radical (unpaired) electrons. The Morgan fingerprint density at radius 2 is 1.10 bits per heavy atom. The van der Waals surface area contributed by atoms with Crippen LogP contribution in [0.5, 0.6) is 0 Å². The molecule has 2 aliphatic rings. The SMILES string of the molecule is CC.CC.CC.CC.CC.CC.[Y].[c-]1ccccc1C1(c2[c-]c3c(cc2)Cc2ccccc2-3)c2ccccc2-n2c3ccccc3c3cccc1c32. The van der Waals surface area contributed by atoms with E-state index in [2.05, 4.69) is 138 Å². The molecule has 9 rings (SSSR count). The molecule has 1 aromatic heterocycles. The van der Waals surface area contributed by atoms with Crippen molar-refractivity contribution in [3.63, 3.8) is 0 Å². The average molecular weight is 763 g/mol. The second-order valence-electron chi connectivity index (χ2n) is 10.7. The van der Waals surface area contributed by atoms with Crippen LogP contribution in [-0.4, -0.2) is 4.57 Å². The van der Waals surface area contributed by atoms with Gasteiger partial charge in [0.1, 0.15) is 0 Å². The number of benzene rings is 6. The van der Waals surface area contributed by atoms with Gasteiger partial charge in [0.2, 0.25) is 0 Å². The molecule has 0 amide bonds. The summed E-state index contributed by atoms with van der Waals surface area (Å²) in [6.07, 6.45) is 0.965. The first kappa shape index (κ1) is 44.4. The molecule has 0 fully saturated rings. The van der Waals surface area contributed by atoms with Crippen molar-refractivity contribution in [3.8, 4) is 16.8 Å². The Morgan fingerprint density at radius 1 is 0.500 bits per heavy atom. The Morgan fingerprint density at radius 3 is 1.81 bits per heavy atom. The number of rotatable bonds is 2. The van der Waals surface area contributed by atoms with Crippen LogP contribution in [0, 0.1) is 12.1 Å². The van der Waals surface area contributed by atoms with Crippen LogP contribution in [0.3, 0.4) is 0 Å². The van der Waals surface area contributed by atoms with Gasteiger partial charge in [-0.05, 0) is 29.7 Å². The van der Waals surface area contributed by atoms with Gasteiger partial charge < -0.3 is 4.57 Å². The molecule has 0 N–H and O–H groups in total. The van der Waals surface area contributed by atoms with Crippen LogP contribution in [0.1, 0.15) is 116 Å². The summed E-state index contributed by atoms with van der Waals surface area (Å²) in [5, 5.41) is 2.56. The van der Waals surface area contributed by atoms with E-state index in [-0.39, 0.29) is 32.7 Å². The summed E-state index contributed by atoms with van der Waals surface area (Å²) in [6, 6.07) is 54.1. The fourth-order valence-electron chi connectivity index (χ4n) is 7.31. The van der Waals surface area contributed by atoms with Crippen molar-refractivity contribution in [2.24, 2.45) is 0 Å². The zero-order valence-corrected chi connectivity index (χ0v) is 36.7. The number of fused-ring (bicyclic) bond motifs is 8. The second kappa shape index (κ2) is 21.7. The standard InChI is InChI=1S/C38H23N.6C2H6.Y/c1-2-12-27(13-3-1)38(28-22-21-26-23-25-11-4-5-14-29(25)32(26)24-28)33-17-7-9-20-36(33)39-35-19-8-6-15-30(35)31-16-10-18-34(38)37(31)39;6*1-2;/h1-12,14-22H,23H2;6*1-2H3;/q-2;;;;;;;. The predicted molar refractivity (Wildman–Crippen MR) is 227 cm³/mol. The molecule has 2 heterocycles. The molecular formula is C50H59NY-2. The maximum Gasteiger partial charge on any atom is 0.0587 e. The quantitative estimate of drug-likeness (QED) is 0.155. The molecule has 0 saturated heterocycles. The van der Waals surface area contributed by atoms with E-state index in [4.69, 9.17) is 0 Å². The van der Waals surface area contributed by atoms with E-state index in [1.54, 1.807) is 0 Å². The Bertz CT molecular complexity index is 2100. The summed E-state index contributed by atoms with van der Waals surface area (Å²) in [5.74, 6) is 0. The largest absolute Gasteiger partial charge is 0.309 e. The first-order valence-electron chi connectivity index (χ1n) is 19.6. The summed E-state index contributed by atoms with van der Waals surface area (Å²) in [6.45, 7) is 24.0. The first-order chi connectivity index (χ1) is 25.4. The third kappa shape index (κ3) is 7.51. The molecule has 1 aliphatic heterocycles. The molecule has 0 bridgehead atoms. The minimum atomic E-state index is -0.561. The van der Waals surface area contributed by atoms with E-state index in [9.17, 15) is 0 Å². The van der Waals surface area contributed by atoms with Crippen LogP contribution in [0.2, 0.25) is 0 Å². The van der Waals surface area contributed by atoms with Gasteiger partial charge in [-0.25, -0.2) is 0 Å². The summed E-state index contributed by atoms with van der Waals surface area (Å²) < 4.78 is 2.47. The summed E-state index contributed by atoms with van der Waals surface area (Å²) in [4.78, 5) is 0. The second-order valence-corrected chi connectivity index (χ2v) is 10.7. The average Bonchev–Trinajstić information content (AvgIpc) is 3.79. The summed E-state index contributed by atoms with van der Waals surface area (Å²) in [7, 11) is 0. The number of hydrogen-bond donors (Lipinski definition) is 0. The van der Waals surface area contributed by atoms with Crippen molar-refractivity contribution in [3.05, 3.63) is 173 Å². The van der Waals surface area contributed by atoms with Gasteiger partial charge in [0, 0.05) is 48.9 Å². The molecule has 269 valence electrons. The van der Waals surface area contributed by atoms with Crippen molar-refractivity contribution in [2.75, 3.05) is 0 Å². The predicted octanol–water partition coefficient (Wildman–Crippen LogP) is 14.8. The topological polar surface area (TPSA) is 4.93 Å². The Labute approximate surface area is 341 Å².